The molecule has 0 spiro atoms. The minimum atomic E-state index is 0.797. The molecule has 0 atom stereocenters. The molecule has 1 rings (SSSR count). The largest absolute Gasteiger partial charge is 0.383 e. The first-order chi connectivity index (χ1) is 6.93. The van der Waals surface area contributed by atoms with Crippen molar-refractivity contribution in [2.75, 3.05) is 26.8 Å². The van der Waals surface area contributed by atoms with Gasteiger partial charge < -0.3 is 10.1 Å². The van der Waals surface area contributed by atoms with Crippen LogP contribution in [0, 0.1) is 0 Å². The fraction of sp³-hybridized carbons (Fsp3) is 0.500. The van der Waals surface area contributed by atoms with Gasteiger partial charge in [-0.2, -0.15) is 0 Å². The van der Waals surface area contributed by atoms with E-state index in [1.165, 1.54) is 12.0 Å². The van der Waals surface area contributed by atoms with Gasteiger partial charge in [0.25, 0.3) is 0 Å². The van der Waals surface area contributed by atoms with Crippen molar-refractivity contribution in [2.24, 2.45) is 0 Å². The van der Waals surface area contributed by atoms with Crippen LogP contribution in [0.25, 0.3) is 0 Å². The van der Waals surface area contributed by atoms with Gasteiger partial charge in [0.2, 0.25) is 0 Å². The summed E-state index contributed by atoms with van der Waals surface area (Å²) in [6.07, 6.45) is 2.34. The van der Waals surface area contributed by atoms with Crippen molar-refractivity contribution in [1.82, 2.24) is 5.32 Å². The maximum absolute atomic E-state index is 4.94. The molecular formula is C12H19NO. The molecule has 0 aliphatic rings. The van der Waals surface area contributed by atoms with Crippen molar-refractivity contribution in [3.8, 4) is 0 Å². The number of methoxy groups -OCH3 is 1. The molecule has 0 fully saturated rings. The molecule has 0 amide bonds. The number of rotatable bonds is 7. The molecule has 0 bridgehead atoms. The van der Waals surface area contributed by atoms with E-state index in [1.807, 2.05) is 0 Å². The van der Waals surface area contributed by atoms with Gasteiger partial charge in [-0.15, -0.1) is 0 Å². The Labute approximate surface area is 86.3 Å². The van der Waals surface area contributed by atoms with E-state index in [2.05, 4.69) is 35.6 Å². The highest BCUT2D eigenvalue weighted by molar-refractivity contribution is 5.14. The average Bonchev–Trinajstić information content (AvgIpc) is 2.25. The molecule has 78 valence electrons. The van der Waals surface area contributed by atoms with Crippen LogP contribution >= 0.6 is 0 Å². The van der Waals surface area contributed by atoms with Crippen molar-refractivity contribution < 1.29 is 4.74 Å². The number of hydrogen-bond acceptors (Lipinski definition) is 2. The van der Waals surface area contributed by atoms with Gasteiger partial charge in [0.05, 0.1) is 6.61 Å². The summed E-state index contributed by atoms with van der Waals surface area (Å²) in [7, 11) is 1.73. The SMILES string of the molecule is COCCNCCCc1ccccc1. The normalized spacial score (nSPS) is 10.4. The summed E-state index contributed by atoms with van der Waals surface area (Å²) in [5, 5.41) is 3.33. The first kappa shape index (κ1) is 11.2. The van der Waals surface area contributed by atoms with Crippen LogP contribution in [0.2, 0.25) is 0 Å². The van der Waals surface area contributed by atoms with Gasteiger partial charge in [-0.25, -0.2) is 0 Å². The van der Waals surface area contributed by atoms with Crippen LogP contribution in [0.4, 0.5) is 0 Å². The van der Waals surface area contributed by atoms with E-state index in [0.29, 0.717) is 0 Å². The van der Waals surface area contributed by atoms with Crippen LogP contribution in [-0.4, -0.2) is 26.8 Å². The molecule has 0 unspecified atom stereocenters. The number of hydrogen-bond donors (Lipinski definition) is 1. The number of ether oxygens (including phenoxy) is 1. The summed E-state index contributed by atoms with van der Waals surface area (Å²) in [6, 6.07) is 10.6. The molecule has 0 saturated carbocycles. The van der Waals surface area contributed by atoms with E-state index in [0.717, 1.165) is 26.1 Å². The first-order valence-corrected chi connectivity index (χ1v) is 5.17. The van der Waals surface area contributed by atoms with E-state index in [4.69, 9.17) is 4.74 Å². The Kier molecular flexibility index (Phi) is 6.04. The smallest absolute Gasteiger partial charge is 0.0587 e. The lowest BCUT2D eigenvalue weighted by atomic mass is 10.1. The average molecular weight is 193 g/mol. The lowest BCUT2D eigenvalue weighted by Gasteiger charge is -2.03. The molecule has 1 aromatic carbocycles. The Hall–Kier alpha value is -0.860. The second kappa shape index (κ2) is 7.54. The molecule has 0 heterocycles. The van der Waals surface area contributed by atoms with Crippen LogP contribution in [-0.2, 0) is 11.2 Å². The van der Waals surface area contributed by atoms with Gasteiger partial charge in [0.15, 0.2) is 0 Å². The third kappa shape index (κ3) is 5.00. The molecular weight excluding hydrogens is 174 g/mol. The van der Waals surface area contributed by atoms with Gasteiger partial charge in [0.1, 0.15) is 0 Å². The topological polar surface area (TPSA) is 21.3 Å². The minimum Gasteiger partial charge on any atom is -0.383 e. The molecule has 0 saturated heterocycles. The summed E-state index contributed by atoms with van der Waals surface area (Å²) in [5.74, 6) is 0. The highest BCUT2D eigenvalue weighted by atomic mass is 16.5. The van der Waals surface area contributed by atoms with Crippen molar-refractivity contribution in [3.63, 3.8) is 0 Å². The van der Waals surface area contributed by atoms with Crippen molar-refractivity contribution in [2.45, 2.75) is 12.8 Å². The molecule has 1 aromatic rings. The lowest BCUT2D eigenvalue weighted by molar-refractivity contribution is 0.199. The highest BCUT2D eigenvalue weighted by Gasteiger charge is 1.91. The first-order valence-electron chi connectivity index (χ1n) is 5.17. The van der Waals surface area contributed by atoms with Crippen molar-refractivity contribution in [3.05, 3.63) is 35.9 Å². The molecule has 2 heteroatoms. The summed E-state index contributed by atoms with van der Waals surface area (Å²) in [6.45, 7) is 2.81. The van der Waals surface area contributed by atoms with Crippen LogP contribution in [0.3, 0.4) is 0 Å². The van der Waals surface area contributed by atoms with E-state index in [9.17, 15) is 0 Å². The molecule has 1 N–H and O–H groups in total. The Bertz CT molecular complexity index is 223. The summed E-state index contributed by atoms with van der Waals surface area (Å²) < 4.78 is 4.94. The van der Waals surface area contributed by atoms with Gasteiger partial charge in [0, 0.05) is 13.7 Å². The third-order valence-corrected chi connectivity index (χ3v) is 2.14. The summed E-state index contributed by atoms with van der Waals surface area (Å²) in [5.41, 5.74) is 1.42. The predicted octanol–water partition coefficient (Wildman–Crippen LogP) is 1.86. The quantitative estimate of drug-likeness (QED) is 0.667. The molecule has 14 heavy (non-hydrogen) atoms. The molecule has 0 aliphatic carbocycles. The Balaban J connectivity index is 1.99. The second-order valence-electron chi connectivity index (χ2n) is 3.33. The molecule has 2 nitrogen and oxygen atoms in total. The van der Waals surface area contributed by atoms with Crippen LogP contribution in [0.1, 0.15) is 12.0 Å². The van der Waals surface area contributed by atoms with Crippen molar-refractivity contribution >= 4 is 0 Å². The second-order valence-corrected chi connectivity index (χ2v) is 3.33. The Morgan fingerprint density at radius 3 is 2.64 bits per heavy atom. The standard InChI is InChI=1S/C12H19NO/c1-14-11-10-13-9-5-8-12-6-3-2-4-7-12/h2-4,6-7,13H,5,8-11H2,1H3. The monoisotopic (exact) mass is 193 g/mol. The zero-order valence-electron chi connectivity index (χ0n) is 8.83. The van der Waals surface area contributed by atoms with Gasteiger partial charge in [-0.1, -0.05) is 30.3 Å². The van der Waals surface area contributed by atoms with Crippen LogP contribution in [0.5, 0.6) is 0 Å². The van der Waals surface area contributed by atoms with E-state index in [-0.39, 0.29) is 0 Å². The predicted molar refractivity (Wildman–Crippen MR) is 59.5 cm³/mol. The number of aryl methyl sites for hydroxylation is 1. The molecule has 0 radical (unpaired) electrons. The highest BCUT2D eigenvalue weighted by Crippen LogP contribution is 2.01. The van der Waals surface area contributed by atoms with Gasteiger partial charge in [-0.05, 0) is 24.9 Å². The lowest BCUT2D eigenvalue weighted by Crippen LogP contribution is -2.20. The summed E-state index contributed by atoms with van der Waals surface area (Å²) >= 11 is 0. The Morgan fingerprint density at radius 2 is 1.93 bits per heavy atom. The van der Waals surface area contributed by atoms with Gasteiger partial charge >= 0.3 is 0 Å². The zero-order valence-corrected chi connectivity index (χ0v) is 8.83. The van der Waals surface area contributed by atoms with E-state index < -0.39 is 0 Å². The Morgan fingerprint density at radius 1 is 1.14 bits per heavy atom. The van der Waals surface area contributed by atoms with Crippen molar-refractivity contribution in [1.29, 1.82) is 0 Å². The van der Waals surface area contributed by atoms with E-state index in [1.54, 1.807) is 7.11 Å². The minimum absolute atomic E-state index is 0.797. The maximum Gasteiger partial charge on any atom is 0.0587 e. The van der Waals surface area contributed by atoms with Gasteiger partial charge in [-0.3, -0.25) is 0 Å². The van der Waals surface area contributed by atoms with Crippen LogP contribution in [0.15, 0.2) is 30.3 Å². The van der Waals surface area contributed by atoms with Crippen LogP contribution < -0.4 is 5.32 Å². The van der Waals surface area contributed by atoms with E-state index >= 15 is 0 Å². The molecule has 0 aliphatic heterocycles. The summed E-state index contributed by atoms with van der Waals surface area (Å²) in [4.78, 5) is 0. The zero-order chi connectivity index (χ0) is 10.1. The fourth-order valence-electron chi connectivity index (χ4n) is 1.36. The fourth-order valence-corrected chi connectivity index (χ4v) is 1.36. The number of benzene rings is 1. The molecule has 0 aromatic heterocycles. The third-order valence-electron chi connectivity index (χ3n) is 2.14. The maximum atomic E-state index is 4.94. The number of nitrogens with one attached hydrogen (secondary N) is 1.